The first-order valence-electron chi connectivity index (χ1n) is 8.78. The summed E-state index contributed by atoms with van der Waals surface area (Å²) in [6.45, 7) is 5.79. The second kappa shape index (κ2) is 8.92. The van der Waals surface area contributed by atoms with Gasteiger partial charge in [0.2, 0.25) is 0 Å². The number of benzene rings is 1. The van der Waals surface area contributed by atoms with E-state index >= 15 is 0 Å². The molecule has 0 saturated heterocycles. The summed E-state index contributed by atoms with van der Waals surface area (Å²) in [5.41, 5.74) is 6.79. The van der Waals surface area contributed by atoms with Crippen molar-refractivity contribution in [1.82, 2.24) is 4.90 Å². The van der Waals surface area contributed by atoms with Gasteiger partial charge in [-0.15, -0.1) is 0 Å². The highest BCUT2D eigenvalue weighted by molar-refractivity contribution is 5.72. The van der Waals surface area contributed by atoms with Crippen molar-refractivity contribution in [1.29, 1.82) is 0 Å². The van der Waals surface area contributed by atoms with Crippen molar-refractivity contribution >= 4 is 6.03 Å². The number of nitrogens with zero attached hydrogens (tertiary/aromatic N) is 1. The Morgan fingerprint density at radius 3 is 2.43 bits per heavy atom. The van der Waals surface area contributed by atoms with E-state index < -0.39 is 0 Å². The average molecular weight is 318 g/mol. The van der Waals surface area contributed by atoms with Crippen molar-refractivity contribution in [3.63, 3.8) is 0 Å². The lowest BCUT2D eigenvalue weighted by molar-refractivity contribution is 0.00203. The molecule has 1 fully saturated rings. The number of carbonyl (C=O) groups excluding carboxylic acids is 1. The monoisotopic (exact) mass is 318 g/mol. The fourth-order valence-corrected chi connectivity index (χ4v) is 3.18. The second-order valence-corrected chi connectivity index (χ2v) is 6.94. The molecule has 0 atom stereocenters. The zero-order valence-corrected chi connectivity index (χ0v) is 14.4. The molecule has 0 bridgehead atoms. The van der Waals surface area contributed by atoms with Crippen molar-refractivity contribution in [3.8, 4) is 0 Å². The van der Waals surface area contributed by atoms with E-state index in [-0.39, 0.29) is 12.1 Å². The normalized spacial score (nSPS) is 21.3. The molecule has 0 aliphatic heterocycles. The number of amides is 2. The van der Waals surface area contributed by atoms with Crippen LogP contribution in [0.1, 0.15) is 51.5 Å². The minimum atomic E-state index is -0.278. The van der Waals surface area contributed by atoms with Crippen molar-refractivity contribution in [2.24, 2.45) is 11.7 Å². The number of hydrogen-bond acceptors (Lipinski definition) is 2. The molecule has 1 aromatic carbocycles. The van der Waals surface area contributed by atoms with Gasteiger partial charge >= 0.3 is 6.03 Å². The Balaban J connectivity index is 1.76. The van der Waals surface area contributed by atoms with Crippen molar-refractivity contribution < 1.29 is 9.53 Å². The van der Waals surface area contributed by atoms with E-state index in [9.17, 15) is 4.79 Å². The summed E-state index contributed by atoms with van der Waals surface area (Å²) in [5.74, 6) is 0.586. The van der Waals surface area contributed by atoms with Gasteiger partial charge in [0.15, 0.2) is 0 Å². The van der Waals surface area contributed by atoms with E-state index in [4.69, 9.17) is 10.5 Å². The molecule has 0 unspecified atom stereocenters. The average Bonchev–Trinajstić information content (AvgIpc) is 2.54. The van der Waals surface area contributed by atoms with Crippen LogP contribution in [-0.4, -0.2) is 29.6 Å². The first-order chi connectivity index (χ1) is 11.1. The summed E-state index contributed by atoms with van der Waals surface area (Å²) in [6, 6.07) is 10.3. The van der Waals surface area contributed by atoms with E-state index in [1.165, 1.54) is 5.56 Å². The van der Waals surface area contributed by atoms with Crippen LogP contribution in [0.3, 0.4) is 0 Å². The lowest BCUT2D eigenvalue weighted by atomic mass is 9.91. The highest BCUT2D eigenvalue weighted by Crippen LogP contribution is 2.26. The minimum absolute atomic E-state index is 0.278. The number of urea groups is 1. The fraction of sp³-hybridized carbons (Fsp3) is 0.632. The molecule has 0 heterocycles. The number of primary amides is 1. The Morgan fingerprint density at radius 2 is 1.87 bits per heavy atom. The first-order valence-corrected chi connectivity index (χ1v) is 8.78. The highest BCUT2D eigenvalue weighted by Gasteiger charge is 2.28. The molecular formula is C19H30N2O2. The van der Waals surface area contributed by atoms with Crippen LogP contribution in [0.4, 0.5) is 4.79 Å². The van der Waals surface area contributed by atoms with E-state index in [0.717, 1.165) is 38.6 Å². The molecule has 1 aromatic rings. The topological polar surface area (TPSA) is 55.6 Å². The molecule has 0 spiro atoms. The van der Waals surface area contributed by atoms with Gasteiger partial charge in [0.1, 0.15) is 0 Å². The van der Waals surface area contributed by atoms with Crippen LogP contribution in [-0.2, 0) is 11.3 Å². The quantitative estimate of drug-likeness (QED) is 0.828. The van der Waals surface area contributed by atoms with Gasteiger partial charge in [-0.25, -0.2) is 4.79 Å². The molecule has 2 rings (SSSR count). The summed E-state index contributed by atoms with van der Waals surface area (Å²) >= 11 is 0. The zero-order valence-electron chi connectivity index (χ0n) is 14.4. The van der Waals surface area contributed by atoms with Crippen LogP contribution in [0.2, 0.25) is 0 Å². The van der Waals surface area contributed by atoms with Gasteiger partial charge in [-0.05, 0) is 43.6 Å². The standard InChI is InChI=1S/C19H30N2O2/c1-15(2)12-13-21(19(20)22)17-8-10-18(11-9-17)23-14-16-6-4-3-5-7-16/h3-7,15,17-18H,8-14H2,1-2H3,(H2,20,22). The summed E-state index contributed by atoms with van der Waals surface area (Å²) < 4.78 is 6.02. The van der Waals surface area contributed by atoms with Crippen molar-refractivity contribution in [2.75, 3.05) is 6.54 Å². The Bertz CT molecular complexity index is 468. The Kier molecular flexibility index (Phi) is 6.90. The number of hydrogen-bond donors (Lipinski definition) is 1. The maximum Gasteiger partial charge on any atom is 0.315 e. The second-order valence-electron chi connectivity index (χ2n) is 6.94. The third-order valence-electron chi connectivity index (χ3n) is 4.64. The predicted octanol–water partition coefficient (Wildman–Crippen LogP) is 3.94. The highest BCUT2D eigenvalue weighted by atomic mass is 16.5. The molecule has 2 amide bonds. The lowest BCUT2D eigenvalue weighted by Gasteiger charge is -2.36. The molecular weight excluding hydrogens is 288 g/mol. The number of ether oxygens (including phenoxy) is 1. The Morgan fingerprint density at radius 1 is 1.22 bits per heavy atom. The van der Waals surface area contributed by atoms with Crippen LogP contribution in [0, 0.1) is 5.92 Å². The Labute approximate surface area is 140 Å². The first kappa shape index (κ1) is 17.8. The van der Waals surface area contributed by atoms with Crippen molar-refractivity contribution in [2.45, 2.75) is 64.7 Å². The van der Waals surface area contributed by atoms with Crippen LogP contribution in [0.15, 0.2) is 30.3 Å². The molecule has 1 aliphatic rings. The van der Waals surface area contributed by atoms with Crippen LogP contribution >= 0.6 is 0 Å². The van der Waals surface area contributed by atoms with Crippen LogP contribution < -0.4 is 5.73 Å². The number of nitrogens with two attached hydrogens (primary N) is 1. The SMILES string of the molecule is CC(C)CCN(C(N)=O)C1CCC(OCc2ccccc2)CC1. The van der Waals surface area contributed by atoms with E-state index in [1.54, 1.807) is 0 Å². The summed E-state index contributed by atoms with van der Waals surface area (Å²) in [7, 11) is 0. The van der Waals surface area contributed by atoms with Gasteiger partial charge in [-0.2, -0.15) is 0 Å². The third-order valence-corrected chi connectivity index (χ3v) is 4.64. The lowest BCUT2D eigenvalue weighted by Crippen LogP contribution is -2.46. The zero-order chi connectivity index (χ0) is 16.7. The number of carbonyl (C=O) groups is 1. The van der Waals surface area contributed by atoms with E-state index in [1.807, 2.05) is 23.1 Å². The van der Waals surface area contributed by atoms with Crippen LogP contribution in [0.25, 0.3) is 0 Å². The Hall–Kier alpha value is -1.55. The predicted molar refractivity (Wildman–Crippen MR) is 93.0 cm³/mol. The van der Waals surface area contributed by atoms with E-state index in [0.29, 0.717) is 18.6 Å². The summed E-state index contributed by atoms with van der Waals surface area (Å²) in [5, 5.41) is 0. The summed E-state index contributed by atoms with van der Waals surface area (Å²) in [4.78, 5) is 13.6. The number of rotatable bonds is 7. The van der Waals surface area contributed by atoms with Crippen LogP contribution in [0.5, 0.6) is 0 Å². The van der Waals surface area contributed by atoms with Gasteiger partial charge in [0, 0.05) is 12.6 Å². The van der Waals surface area contributed by atoms with Gasteiger partial charge in [-0.1, -0.05) is 44.2 Å². The molecule has 1 aliphatic carbocycles. The molecule has 4 nitrogen and oxygen atoms in total. The van der Waals surface area contributed by atoms with Gasteiger partial charge in [0.25, 0.3) is 0 Å². The van der Waals surface area contributed by atoms with E-state index in [2.05, 4.69) is 26.0 Å². The molecule has 0 aromatic heterocycles. The molecule has 4 heteroatoms. The molecule has 128 valence electrons. The smallest absolute Gasteiger partial charge is 0.315 e. The largest absolute Gasteiger partial charge is 0.374 e. The van der Waals surface area contributed by atoms with Crippen molar-refractivity contribution in [3.05, 3.63) is 35.9 Å². The molecule has 1 saturated carbocycles. The molecule has 2 N–H and O–H groups in total. The van der Waals surface area contributed by atoms with Gasteiger partial charge in [0.05, 0.1) is 12.7 Å². The molecule has 23 heavy (non-hydrogen) atoms. The third kappa shape index (κ3) is 5.87. The van der Waals surface area contributed by atoms with Gasteiger partial charge in [-0.3, -0.25) is 0 Å². The maximum absolute atomic E-state index is 11.7. The fourth-order valence-electron chi connectivity index (χ4n) is 3.18. The maximum atomic E-state index is 11.7. The molecule has 0 radical (unpaired) electrons. The van der Waals surface area contributed by atoms with Gasteiger partial charge < -0.3 is 15.4 Å². The minimum Gasteiger partial charge on any atom is -0.374 e. The summed E-state index contributed by atoms with van der Waals surface area (Å²) in [6.07, 6.45) is 5.28.